The van der Waals surface area contributed by atoms with Crippen LogP contribution < -0.4 is 10.4 Å². The van der Waals surface area contributed by atoms with Crippen molar-refractivity contribution in [3.05, 3.63) is 101 Å². The van der Waals surface area contributed by atoms with Gasteiger partial charge in [0.1, 0.15) is 0 Å². The predicted octanol–water partition coefficient (Wildman–Crippen LogP) is 3.48. The Labute approximate surface area is 148 Å². The fourth-order valence-corrected chi connectivity index (χ4v) is 4.68. The van der Waals surface area contributed by atoms with Crippen LogP contribution >= 0.6 is 0 Å². The van der Waals surface area contributed by atoms with Crippen molar-refractivity contribution in [1.29, 1.82) is 0 Å². The molecule has 3 aromatic rings. The molecule has 0 fully saturated rings. The van der Waals surface area contributed by atoms with Crippen LogP contribution in [0.2, 0.25) is 0 Å². The second kappa shape index (κ2) is 7.87. The zero-order chi connectivity index (χ0) is 17.6. The van der Waals surface area contributed by atoms with E-state index in [4.69, 9.17) is 4.43 Å². The zero-order valence-electron chi connectivity index (χ0n) is 13.8. The summed E-state index contributed by atoms with van der Waals surface area (Å²) >= 11 is 0. The van der Waals surface area contributed by atoms with E-state index in [0.717, 1.165) is 5.56 Å². The molecule has 0 aliphatic rings. The van der Waals surface area contributed by atoms with Crippen LogP contribution in [0.1, 0.15) is 18.6 Å². The van der Waals surface area contributed by atoms with E-state index in [0.29, 0.717) is 0 Å². The molecule has 1 unspecified atom stereocenters. The molecule has 0 heterocycles. The first-order valence-electron chi connectivity index (χ1n) is 8.04. The number of nitro benzene ring substituents is 1. The highest BCUT2D eigenvalue weighted by Gasteiger charge is 2.22. The molecule has 3 aromatic carbocycles. The van der Waals surface area contributed by atoms with Crippen LogP contribution in [0.5, 0.6) is 0 Å². The lowest BCUT2D eigenvalue weighted by Gasteiger charge is -2.21. The molecule has 0 N–H and O–H groups in total. The third kappa shape index (κ3) is 4.20. The second-order valence-electron chi connectivity index (χ2n) is 5.67. The van der Waals surface area contributed by atoms with E-state index in [-0.39, 0.29) is 11.8 Å². The molecule has 0 saturated heterocycles. The Morgan fingerprint density at radius 1 is 0.840 bits per heavy atom. The smallest absolute Gasteiger partial charge is 0.283 e. The molecule has 25 heavy (non-hydrogen) atoms. The highest BCUT2D eigenvalue weighted by molar-refractivity contribution is 6.80. The molecule has 1 radical (unpaired) electrons. The van der Waals surface area contributed by atoms with Crippen molar-refractivity contribution in [3.8, 4) is 0 Å². The number of hydrogen-bond acceptors (Lipinski definition) is 3. The summed E-state index contributed by atoms with van der Waals surface area (Å²) < 4.78 is 6.44. The first-order valence-corrected chi connectivity index (χ1v) is 9.45. The quantitative estimate of drug-likeness (QED) is 0.389. The zero-order valence-corrected chi connectivity index (χ0v) is 14.8. The van der Waals surface area contributed by atoms with E-state index >= 15 is 0 Å². The number of hydrogen-bond donors (Lipinski definition) is 0. The van der Waals surface area contributed by atoms with Gasteiger partial charge in [-0.05, 0) is 35.0 Å². The van der Waals surface area contributed by atoms with Crippen LogP contribution in [0.4, 0.5) is 5.69 Å². The Kier molecular flexibility index (Phi) is 5.38. The molecule has 0 amide bonds. The first-order chi connectivity index (χ1) is 12.1. The minimum atomic E-state index is -1.41. The van der Waals surface area contributed by atoms with Crippen molar-refractivity contribution in [2.45, 2.75) is 13.0 Å². The average Bonchev–Trinajstić information content (AvgIpc) is 2.67. The summed E-state index contributed by atoms with van der Waals surface area (Å²) in [6.07, 6.45) is -0.157. The van der Waals surface area contributed by atoms with Gasteiger partial charge in [0.25, 0.3) is 14.7 Å². The van der Waals surface area contributed by atoms with Crippen molar-refractivity contribution >= 4 is 25.1 Å². The third-order valence-electron chi connectivity index (χ3n) is 3.94. The van der Waals surface area contributed by atoms with Crippen molar-refractivity contribution in [2.75, 3.05) is 0 Å². The highest BCUT2D eigenvalue weighted by Crippen LogP contribution is 2.21. The molecule has 3 rings (SSSR count). The van der Waals surface area contributed by atoms with Crippen LogP contribution in [0.3, 0.4) is 0 Å². The first kappa shape index (κ1) is 17.1. The van der Waals surface area contributed by atoms with E-state index in [1.807, 2.05) is 43.3 Å². The standard InChI is InChI=1S/C20H18NO3Si/c1-16(17-12-14-18(15-13-17)21(22)23)24-25(19-8-4-2-5-9-19)20-10-6-3-7-11-20/h2-16H,1H3. The van der Waals surface area contributed by atoms with E-state index in [1.54, 1.807) is 12.1 Å². The van der Waals surface area contributed by atoms with Crippen molar-refractivity contribution in [1.82, 2.24) is 0 Å². The summed E-state index contributed by atoms with van der Waals surface area (Å²) in [7, 11) is -1.41. The van der Waals surface area contributed by atoms with E-state index in [1.165, 1.54) is 22.5 Å². The summed E-state index contributed by atoms with van der Waals surface area (Å²) in [5, 5.41) is 13.2. The molecule has 0 spiro atoms. The van der Waals surface area contributed by atoms with E-state index in [9.17, 15) is 10.1 Å². The lowest BCUT2D eigenvalue weighted by atomic mass is 10.1. The van der Waals surface area contributed by atoms with Gasteiger partial charge in [0.05, 0.1) is 11.0 Å². The third-order valence-corrected chi connectivity index (χ3v) is 6.24. The molecule has 1 atom stereocenters. The normalized spacial score (nSPS) is 12.1. The van der Waals surface area contributed by atoms with Gasteiger partial charge in [0, 0.05) is 12.1 Å². The molecule has 4 nitrogen and oxygen atoms in total. The van der Waals surface area contributed by atoms with Gasteiger partial charge in [0.2, 0.25) is 0 Å². The molecule has 0 bridgehead atoms. The molecule has 0 aliphatic heterocycles. The Bertz CT molecular complexity index is 783. The van der Waals surface area contributed by atoms with Gasteiger partial charge in [-0.2, -0.15) is 0 Å². The summed E-state index contributed by atoms with van der Waals surface area (Å²) in [5.41, 5.74) is 1.02. The molecular formula is C20H18NO3Si. The fourth-order valence-electron chi connectivity index (χ4n) is 2.59. The minimum Gasteiger partial charge on any atom is -0.400 e. The van der Waals surface area contributed by atoms with Gasteiger partial charge in [-0.3, -0.25) is 10.1 Å². The van der Waals surface area contributed by atoms with Crippen molar-refractivity contribution in [3.63, 3.8) is 0 Å². The number of nitro groups is 1. The summed E-state index contributed by atoms with van der Waals surface area (Å²) in [5.74, 6) is 0. The fraction of sp³-hybridized carbons (Fsp3) is 0.100. The van der Waals surface area contributed by atoms with Crippen molar-refractivity contribution < 1.29 is 9.35 Å². The van der Waals surface area contributed by atoms with Gasteiger partial charge in [-0.25, -0.2) is 0 Å². The predicted molar refractivity (Wildman–Crippen MR) is 101 cm³/mol. The Balaban J connectivity index is 1.86. The molecule has 0 aromatic heterocycles. The lowest BCUT2D eigenvalue weighted by molar-refractivity contribution is -0.384. The molecular weight excluding hydrogens is 330 g/mol. The van der Waals surface area contributed by atoms with Crippen LogP contribution in [0.25, 0.3) is 0 Å². The van der Waals surface area contributed by atoms with Gasteiger partial charge < -0.3 is 4.43 Å². The molecule has 0 saturated carbocycles. The monoisotopic (exact) mass is 348 g/mol. The van der Waals surface area contributed by atoms with Crippen LogP contribution in [0.15, 0.2) is 84.9 Å². The average molecular weight is 348 g/mol. The number of benzene rings is 3. The van der Waals surface area contributed by atoms with Gasteiger partial charge in [-0.15, -0.1) is 0 Å². The molecule has 125 valence electrons. The largest absolute Gasteiger partial charge is 0.400 e. The topological polar surface area (TPSA) is 52.4 Å². The summed E-state index contributed by atoms with van der Waals surface area (Å²) in [4.78, 5) is 10.4. The minimum absolute atomic E-state index is 0.0904. The molecule has 5 heteroatoms. The Morgan fingerprint density at radius 3 is 1.76 bits per heavy atom. The lowest BCUT2D eigenvalue weighted by Crippen LogP contribution is -2.45. The van der Waals surface area contributed by atoms with E-state index in [2.05, 4.69) is 24.3 Å². The van der Waals surface area contributed by atoms with Crippen LogP contribution in [-0.4, -0.2) is 14.0 Å². The molecule has 0 aliphatic carbocycles. The van der Waals surface area contributed by atoms with Crippen LogP contribution in [-0.2, 0) is 4.43 Å². The maximum atomic E-state index is 10.8. The van der Waals surface area contributed by atoms with E-state index < -0.39 is 14.0 Å². The summed E-state index contributed by atoms with van der Waals surface area (Å²) in [6.45, 7) is 1.98. The second-order valence-corrected chi connectivity index (χ2v) is 7.72. The van der Waals surface area contributed by atoms with Gasteiger partial charge in [-0.1, -0.05) is 60.7 Å². The number of non-ortho nitro benzene ring substituents is 1. The highest BCUT2D eigenvalue weighted by atomic mass is 28.3. The maximum absolute atomic E-state index is 10.8. The Morgan fingerprint density at radius 2 is 1.32 bits per heavy atom. The maximum Gasteiger partial charge on any atom is 0.283 e. The Hall–Kier alpha value is -2.76. The number of nitrogens with zero attached hydrogens (tertiary/aromatic N) is 1. The summed E-state index contributed by atoms with van der Waals surface area (Å²) in [6, 6.07) is 27.0. The van der Waals surface area contributed by atoms with Crippen molar-refractivity contribution in [2.24, 2.45) is 0 Å². The number of rotatable bonds is 6. The van der Waals surface area contributed by atoms with Gasteiger partial charge >= 0.3 is 0 Å². The SMILES string of the molecule is CC(O[Si](c1ccccc1)c1ccccc1)c1ccc([N+](=O)[O-])cc1. The van der Waals surface area contributed by atoms with Gasteiger partial charge in [0.15, 0.2) is 0 Å². The van der Waals surface area contributed by atoms with Crippen LogP contribution in [0, 0.1) is 10.1 Å².